The molecule has 2 rings (SSSR count). The lowest BCUT2D eigenvalue weighted by atomic mass is 9.97. The Balaban J connectivity index is 1.83. The van der Waals surface area contributed by atoms with E-state index < -0.39 is 0 Å². The molecule has 2 heterocycles. The number of rotatable bonds is 3. The molecule has 21 heavy (non-hydrogen) atoms. The van der Waals surface area contributed by atoms with Gasteiger partial charge in [-0.3, -0.25) is 4.79 Å². The van der Waals surface area contributed by atoms with Gasteiger partial charge in [-0.25, -0.2) is 4.98 Å². The van der Waals surface area contributed by atoms with Gasteiger partial charge in [0.1, 0.15) is 5.69 Å². The molecule has 5 heteroatoms. The zero-order chi connectivity index (χ0) is 15.1. The quantitative estimate of drug-likeness (QED) is 0.792. The molecule has 1 aromatic heterocycles. The van der Waals surface area contributed by atoms with Gasteiger partial charge in [0.05, 0.1) is 6.54 Å². The number of likely N-dealkylation sites (tertiary alicyclic amines) is 1. The fourth-order valence-electron chi connectivity index (χ4n) is 2.35. The average Bonchev–Trinajstić information content (AvgIpc) is 2.52. The van der Waals surface area contributed by atoms with E-state index in [0.717, 1.165) is 38.0 Å². The normalized spacial score (nSPS) is 16.1. The summed E-state index contributed by atoms with van der Waals surface area (Å²) in [5.41, 5.74) is 6.51. The summed E-state index contributed by atoms with van der Waals surface area (Å²) in [5, 5.41) is 2.97. The van der Waals surface area contributed by atoms with E-state index >= 15 is 0 Å². The summed E-state index contributed by atoms with van der Waals surface area (Å²) in [6.07, 6.45) is 3.88. The molecule has 1 saturated heterocycles. The van der Waals surface area contributed by atoms with E-state index in [9.17, 15) is 4.79 Å². The van der Waals surface area contributed by atoms with Crippen molar-refractivity contribution in [3.05, 3.63) is 29.6 Å². The van der Waals surface area contributed by atoms with Crippen LogP contribution in [-0.2, 0) is 0 Å². The summed E-state index contributed by atoms with van der Waals surface area (Å²) in [4.78, 5) is 18.5. The van der Waals surface area contributed by atoms with Crippen molar-refractivity contribution < 1.29 is 4.79 Å². The van der Waals surface area contributed by atoms with Crippen molar-refractivity contribution >= 4 is 5.91 Å². The molecule has 0 aliphatic carbocycles. The predicted molar refractivity (Wildman–Crippen MR) is 82.7 cm³/mol. The smallest absolute Gasteiger partial charge is 0.269 e. The Kier molecular flexibility index (Phi) is 5.73. The summed E-state index contributed by atoms with van der Waals surface area (Å²) >= 11 is 0. The molecule has 0 bridgehead atoms. The van der Waals surface area contributed by atoms with Crippen molar-refractivity contribution in [2.24, 2.45) is 11.7 Å². The maximum absolute atomic E-state index is 12.0. The van der Waals surface area contributed by atoms with E-state index in [2.05, 4.69) is 34.1 Å². The summed E-state index contributed by atoms with van der Waals surface area (Å²) < 4.78 is 0. The van der Waals surface area contributed by atoms with Crippen LogP contribution in [0.1, 0.15) is 28.9 Å². The number of pyridine rings is 1. The van der Waals surface area contributed by atoms with E-state index in [0.29, 0.717) is 18.2 Å². The van der Waals surface area contributed by atoms with Gasteiger partial charge in [0.15, 0.2) is 0 Å². The molecule has 1 fully saturated rings. The highest BCUT2D eigenvalue weighted by atomic mass is 16.1. The SMILES string of the molecule is CN1CCC(CNC(=O)c2ccc(C#CCN)cn2)CC1. The zero-order valence-electron chi connectivity index (χ0n) is 12.4. The largest absolute Gasteiger partial charge is 0.350 e. The van der Waals surface area contributed by atoms with Crippen LogP contribution in [-0.4, -0.2) is 49.0 Å². The third-order valence-electron chi connectivity index (χ3n) is 3.72. The Labute approximate surface area is 125 Å². The average molecular weight is 286 g/mol. The third-order valence-corrected chi connectivity index (χ3v) is 3.72. The first-order valence-corrected chi connectivity index (χ1v) is 7.31. The van der Waals surface area contributed by atoms with E-state index in [1.165, 1.54) is 0 Å². The highest BCUT2D eigenvalue weighted by Gasteiger charge is 2.17. The Bertz CT molecular complexity index is 521. The first-order valence-electron chi connectivity index (χ1n) is 7.31. The number of piperidine rings is 1. The van der Waals surface area contributed by atoms with Gasteiger partial charge in [-0.15, -0.1) is 0 Å². The number of aromatic nitrogens is 1. The van der Waals surface area contributed by atoms with Gasteiger partial charge >= 0.3 is 0 Å². The van der Waals surface area contributed by atoms with Gasteiger partial charge in [0, 0.05) is 18.3 Å². The maximum Gasteiger partial charge on any atom is 0.269 e. The lowest BCUT2D eigenvalue weighted by Crippen LogP contribution is -2.37. The van der Waals surface area contributed by atoms with Crippen molar-refractivity contribution in [1.29, 1.82) is 0 Å². The minimum atomic E-state index is -0.118. The second kappa shape index (κ2) is 7.77. The van der Waals surface area contributed by atoms with Crippen molar-refractivity contribution in [2.75, 3.05) is 33.2 Å². The molecule has 1 amide bonds. The molecule has 0 spiro atoms. The Morgan fingerprint density at radius 1 is 1.48 bits per heavy atom. The van der Waals surface area contributed by atoms with Gasteiger partial charge in [-0.1, -0.05) is 11.8 Å². The number of amides is 1. The monoisotopic (exact) mass is 286 g/mol. The molecule has 0 saturated carbocycles. The highest BCUT2D eigenvalue weighted by Crippen LogP contribution is 2.14. The number of nitrogens with one attached hydrogen (secondary N) is 1. The lowest BCUT2D eigenvalue weighted by molar-refractivity contribution is 0.0934. The zero-order valence-corrected chi connectivity index (χ0v) is 12.4. The third kappa shape index (κ3) is 4.85. The molecule has 0 atom stereocenters. The Hall–Kier alpha value is -1.90. The molecule has 1 aromatic rings. The molecule has 0 unspecified atom stereocenters. The van der Waals surface area contributed by atoms with Crippen LogP contribution in [0, 0.1) is 17.8 Å². The summed E-state index contributed by atoms with van der Waals surface area (Å²) in [6.45, 7) is 3.25. The second-order valence-electron chi connectivity index (χ2n) is 5.39. The molecule has 3 N–H and O–H groups in total. The fraction of sp³-hybridized carbons (Fsp3) is 0.500. The van der Waals surface area contributed by atoms with Crippen LogP contribution in [0.15, 0.2) is 18.3 Å². The first kappa shape index (κ1) is 15.5. The topological polar surface area (TPSA) is 71.2 Å². The van der Waals surface area contributed by atoms with Crippen LogP contribution in [0.4, 0.5) is 0 Å². The standard InChI is InChI=1S/C16H22N4O/c1-20-9-6-14(7-10-20)12-19-16(21)15-5-4-13(11-18-15)3-2-8-17/h4-5,11,14H,6-10,12,17H2,1H3,(H,19,21). The van der Waals surface area contributed by atoms with Gasteiger partial charge < -0.3 is 16.0 Å². The van der Waals surface area contributed by atoms with Crippen molar-refractivity contribution in [1.82, 2.24) is 15.2 Å². The lowest BCUT2D eigenvalue weighted by Gasteiger charge is -2.28. The van der Waals surface area contributed by atoms with E-state index in [1.54, 1.807) is 18.3 Å². The highest BCUT2D eigenvalue weighted by molar-refractivity contribution is 5.92. The van der Waals surface area contributed by atoms with Crippen molar-refractivity contribution in [3.8, 4) is 11.8 Å². The number of nitrogens with zero attached hydrogens (tertiary/aromatic N) is 2. The van der Waals surface area contributed by atoms with E-state index in [-0.39, 0.29) is 5.91 Å². The number of hydrogen-bond donors (Lipinski definition) is 2. The van der Waals surface area contributed by atoms with Gasteiger partial charge in [0.2, 0.25) is 0 Å². The molecular formula is C16H22N4O. The molecule has 1 aliphatic rings. The van der Waals surface area contributed by atoms with Gasteiger partial charge in [-0.05, 0) is 51.0 Å². The number of carbonyl (C=O) groups excluding carboxylic acids is 1. The van der Waals surface area contributed by atoms with Crippen LogP contribution < -0.4 is 11.1 Å². The van der Waals surface area contributed by atoms with Crippen LogP contribution >= 0.6 is 0 Å². The summed E-state index contributed by atoms with van der Waals surface area (Å²) in [6, 6.07) is 3.49. The molecule has 0 aromatic carbocycles. The van der Waals surface area contributed by atoms with Crippen molar-refractivity contribution in [2.45, 2.75) is 12.8 Å². The minimum Gasteiger partial charge on any atom is -0.350 e. The molecular weight excluding hydrogens is 264 g/mol. The van der Waals surface area contributed by atoms with Crippen LogP contribution in [0.3, 0.4) is 0 Å². The van der Waals surface area contributed by atoms with Crippen molar-refractivity contribution in [3.63, 3.8) is 0 Å². The summed E-state index contributed by atoms with van der Waals surface area (Å²) in [7, 11) is 2.13. The number of nitrogens with two attached hydrogens (primary N) is 1. The first-order chi connectivity index (χ1) is 10.2. The summed E-state index contributed by atoms with van der Waals surface area (Å²) in [5.74, 6) is 6.09. The predicted octanol–water partition coefficient (Wildman–Crippen LogP) is 0.463. The van der Waals surface area contributed by atoms with Gasteiger partial charge in [0.25, 0.3) is 5.91 Å². The fourth-order valence-corrected chi connectivity index (χ4v) is 2.35. The van der Waals surface area contributed by atoms with Crippen LogP contribution in [0.25, 0.3) is 0 Å². The Morgan fingerprint density at radius 3 is 2.86 bits per heavy atom. The molecule has 5 nitrogen and oxygen atoms in total. The number of carbonyl (C=O) groups is 1. The van der Waals surface area contributed by atoms with Gasteiger partial charge in [-0.2, -0.15) is 0 Å². The van der Waals surface area contributed by atoms with E-state index in [1.807, 2.05) is 0 Å². The second-order valence-corrected chi connectivity index (χ2v) is 5.39. The van der Waals surface area contributed by atoms with Crippen LogP contribution in [0.5, 0.6) is 0 Å². The molecule has 112 valence electrons. The minimum absolute atomic E-state index is 0.118. The number of hydrogen-bond acceptors (Lipinski definition) is 4. The molecule has 0 radical (unpaired) electrons. The maximum atomic E-state index is 12.0. The Morgan fingerprint density at radius 2 is 2.24 bits per heavy atom. The molecule has 1 aliphatic heterocycles. The van der Waals surface area contributed by atoms with E-state index in [4.69, 9.17) is 5.73 Å². The van der Waals surface area contributed by atoms with Crippen LogP contribution in [0.2, 0.25) is 0 Å².